The summed E-state index contributed by atoms with van der Waals surface area (Å²) in [5.74, 6) is 6.33. The predicted octanol–water partition coefficient (Wildman–Crippen LogP) is 2.90. The van der Waals surface area contributed by atoms with Crippen molar-refractivity contribution in [3.63, 3.8) is 0 Å². The highest BCUT2D eigenvalue weighted by Crippen LogP contribution is 2.21. The van der Waals surface area contributed by atoms with Gasteiger partial charge in [-0.2, -0.15) is 4.98 Å². The molecule has 0 aliphatic rings. The van der Waals surface area contributed by atoms with E-state index in [0.29, 0.717) is 18.3 Å². The third-order valence-electron chi connectivity index (χ3n) is 2.22. The lowest BCUT2D eigenvalue weighted by molar-refractivity contribution is 1.06. The molecule has 0 spiro atoms. The van der Waals surface area contributed by atoms with Gasteiger partial charge in [-0.3, -0.25) is 5.43 Å². The third kappa shape index (κ3) is 3.41. The SMILES string of the molecule is NNc1ncc(Br)c(NCc2cccc(Br)c2)n1. The fraction of sp³-hybridized carbons (Fsp3) is 0.0909. The van der Waals surface area contributed by atoms with Gasteiger partial charge < -0.3 is 5.32 Å². The molecule has 5 nitrogen and oxygen atoms in total. The molecular formula is C11H11Br2N5. The highest BCUT2D eigenvalue weighted by atomic mass is 79.9. The van der Waals surface area contributed by atoms with Crippen molar-refractivity contribution >= 4 is 43.6 Å². The van der Waals surface area contributed by atoms with Crippen LogP contribution >= 0.6 is 31.9 Å². The molecule has 94 valence electrons. The van der Waals surface area contributed by atoms with E-state index in [0.717, 1.165) is 14.5 Å². The Balaban J connectivity index is 2.10. The van der Waals surface area contributed by atoms with E-state index in [1.54, 1.807) is 6.20 Å². The average molecular weight is 373 g/mol. The maximum Gasteiger partial charge on any atom is 0.239 e. The molecule has 1 heterocycles. The van der Waals surface area contributed by atoms with E-state index in [-0.39, 0.29) is 0 Å². The van der Waals surface area contributed by atoms with Crippen molar-refractivity contribution in [1.29, 1.82) is 0 Å². The number of hydrogen-bond acceptors (Lipinski definition) is 5. The summed E-state index contributed by atoms with van der Waals surface area (Å²) >= 11 is 6.82. The first-order valence-corrected chi connectivity index (χ1v) is 6.75. The number of rotatable bonds is 4. The summed E-state index contributed by atoms with van der Waals surface area (Å²) in [6, 6.07) is 8.06. The Morgan fingerprint density at radius 2 is 2.11 bits per heavy atom. The largest absolute Gasteiger partial charge is 0.365 e. The van der Waals surface area contributed by atoms with Crippen molar-refractivity contribution in [3.8, 4) is 0 Å². The highest BCUT2D eigenvalue weighted by molar-refractivity contribution is 9.10. The van der Waals surface area contributed by atoms with Gasteiger partial charge in [-0.25, -0.2) is 10.8 Å². The van der Waals surface area contributed by atoms with Crippen molar-refractivity contribution in [3.05, 3.63) is 45.0 Å². The van der Waals surface area contributed by atoms with E-state index in [2.05, 4.69) is 52.6 Å². The number of benzene rings is 1. The molecule has 0 unspecified atom stereocenters. The Kier molecular flexibility index (Phi) is 4.51. The van der Waals surface area contributed by atoms with Gasteiger partial charge in [0.05, 0.1) is 4.47 Å². The minimum Gasteiger partial charge on any atom is -0.365 e. The third-order valence-corrected chi connectivity index (χ3v) is 3.30. The van der Waals surface area contributed by atoms with Crippen LogP contribution < -0.4 is 16.6 Å². The molecule has 0 radical (unpaired) electrons. The molecule has 0 saturated carbocycles. The minimum absolute atomic E-state index is 0.370. The van der Waals surface area contributed by atoms with Gasteiger partial charge in [0, 0.05) is 17.2 Å². The normalized spacial score (nSPS) is 10.2. The molecule has 0 atom stereocenters. The summed E-state index contributed by atoms with van der Waals surface area (Å²) in [7, 11) is 0. The second-order valence-corrected chi connectivity index (χ2v) is 5.29. The van der Waals surface area contributed by atoms with Crippen LogP contribution in [-0.4, -0.2) is 9.97 Å². The molecule has 2 rings (SSSR count). The molecule has 4 N–H and O–H groups in total. The Hall–Kier alpha value is -1.18. The van der Waals surface area contributed by atoms with Gasteiger partial charge in [0.15, 0.2) is 0 Å². The van der Waals surface area contributed by atoms with E-state index in [4.69, 9.17) is 5.84 Å². The van der Waals surface area contributed by atoms with Crippen LogP contribution in [0.3, 0.4) is 0 Å². The minimum atomic E-state index is 0.370. The molecule has 1 aromatic carbocycles. The maximum atomic E-state index is 5.27. The van der Waals surface area contributed by atoms with Gasteiger partial charge in [-0.15, -0.1) is 0 Å². The van der Waals surface area contributed by atoms with Crippen molar-refractivity contribution in [2.24, 2.45) is 5.84 Å². The van der Waals surface area contributed by atoms with Gasteiger partial charge in [0.1, 0.15) is 5.82 Å². The fourth-order valence-corrected chi connectivity index (χ4v) is 2.17. The average Bonchev–Trinajstić information content (AvgIpc) is 2.38. The predicted molar refractivity (Wildman–Crippen MR) is 79.0 cm³/mol. The van der Waals surface area contributed by atoms with E-state index < -0.39 is 0 Å². The van der Waals surface area contributed by atoms with Gasteiger partial charge >= 0.3 is 0 Å². The van der Waals surface area contributed by atoms with Crippen LogP contribution in [0.5, 0.6) is 0 Å². The summed E-state index contributed by atoms with van der Waals surface area (Å²) in [6.07, 6.45) is 1.64. The molecule has 1 aromatic heterocycles. The van der Waals surface area contributed by atoms with Crippen molar-refractivity contribution in [2.45, 2.75) is 6.54 Å². The molecular weight excluding hydrogens is 362 g/mol. The molecule has 7 heteroatoms. The molecule has 0 saturated heterocycles. The number of anilines is 2. The lowest BCUT2D eigenvalue weighted by Gasteiger charge is -2.09. The zero-order valence-electron chi connectivity index (χ0n) is 9.32. The molecule has 0 fully saturated rings. The smallest absolute Gasteiger partial charge is 0.239 e. The zero-order chi connectivity index (χ0) is 13.0. The molecule has 0 aliphatic carbocycles. The number of nitrogens with zero attached hydrogens (tertiary/aromatic N) is 2. The molecule has 0 amide bonds. The first-order valence-electron chi connectivity index (χ1n) is 5.16. The van der Waals surface area contributed by atoms with Crippen molar-refractivity contribution in [1.82, 2.24) is 9.97 Å². The number of halogens is 2. The van der Waals surface area contributed by atoms with Crippen LogP contribution in [0.4, 0.5) is 11.8 Å². The van der Waals surface area contributed by atoms with Gasteiger partial charge in [0.2, 0.25) is 5.95 Å². The summed E-state index contributed by atoms with van der Waals surface area (Å²) in [4.78, 5) is 8.20. The van der Waals surface area contributed by atoms with Crippen LogP contribution in [0.25, 0.3) is 0 Å². The van der Waals surface area contributed by atoms with Gasteiger partial charge in [-0.1, -0.05) is 28.1 Å². The number of nitrogens with one attached hydrogen (secondary N) is 2. The number of nitrogens with two attached hydrogens (primary N) is 1. The summed E-state index contributed by atoms with van der Waals surface area (Å²) in [5.41, 5.74) is 3.56. The van der Waals surface area contributed by atoms with Crippen molar-refractivity contribution < 1.29 is 0 Å². The van der Waals surface area contributed by atoms with E-state index >= 15 is 0 Å². The Labute approximate surface area is 121 Å². The Morgan fingerprint density at radius 3 is 2.83 bits per heavy atom. The highest BCUT2D eigenvalue weighted by Gasteiger charge is 2.04. The molecule has 0 aliphatic heterocycles. The summed E-state index contributed by atoms with van der Waals surface area (Å²) in [5, 5.41) is 3.22. The van der Waals surface area contributed by atoms with Gasteiger partial charge in [0.25, 0.3) is 0 Å². The number of hydrazine groups is 1. The quantitative estimate of drug-likeness (QED) is 0.568. The van der Waals surface area contributed by atoms with Crippen LogP contribution in [-0.2, 0) is 6.54 Å². The number of aromatic nitrogens is 2. The molecule has 2 aromatic rings. The van der Waals surface area contributed by atoms with Crippen LogP contribution in [0, 0.1) is 0 Å². The standard InChI is InChI=1S/C11H11Br2N5/c12-8-3-1-2-7(4-8)5-15-10-9(13)6-16-11(17-10)18-14/h1-4,6H,5,14H2,(H2,15,16,17,18). The molecule has 18 heavy (non-hydrogen) atoms. The van der Waals surface area contributed by atoms with Crippen LogP contribution in [0.15, 0.2) is 39.4 Å². The Bertz CT molecular complexity index is 547. The first-order chi connectivity index (χ1) is 8.69. The Morgan fingerprint density at radius 1 is 1.28 bits per heavy atom. The first kappa shape index (κ1) is 13.3. The lowest BCUT2D eigenvalue weighted by atomic mass is 10.2. The monoisotopic (exact) mass is 371 g/mol. The fourth-order valence-electron chi connectivity index (χ4n) is 1.39. The van der Waals surface area contributed by atoms with E-state index in [9.17, 15) is 0 Å². The number of nitrogen functional groups attached to an aromatic ring is 1. The lowest BCUT2D eigenvalue weighted by Crippen LogP contribution is -2.12. The summed E-state index contributed by atoms with van der Waals surface area (Å²) in [6.45, 7) is 0.666. The number of hydrogen-bond donors (Lipinski definition) is 3. The second-order valence-electron chi connectivity index (χ2n) is 3.52. The van der Waals surface area contributed by atoms with Crippen molar-refractivity contribution in [2.75, 3.05) is 10.7 Å². The van der Waals surface area contributed by atoms with E-state index in [1.807, 2.05) is 24.3 Å². The molecule has 0 bridgehead atoms. The van der Waals surface area contributed by atoms with E-state index in [1.165, 1.54) is 0 Å². The zero-order valence-corrected chi connectivity index (χ0v) is 12.5. The topological polar surface area (TPSA) is 75.9 Å². The van der Waals surface area contributed by atoms with Crippen LogP contribution in [0.1, 0.15) is 5.56 Å². The second kappa shape index (κ2) is 6.12. The summed E-state index contributed by atoms with van der Waals surface area (Å²) < 4.78 is 1.84. The van der Waals surface area contributed by atoms with Gasteiger partial charge in [-0.05, 0) is 33.6 Å². The maximum absolute atomic E-state index is 5.27. The van der Waals surface area contributed by atoms with Crippen LogP contribution in [0.2, 0.25) is 0 Å².